The molecule has 0 aliphatic rings. The summed E-state index contributed by atoms with van der Waals surface area (Å²) >= 11 is 0. The van der Waals surface area contributed by atoms with Crippen molar-refractivity contribution in [1.82, 2.24) is 0 Å². The summed E-state index contributed by atoms with van der Waals surface area (Å²) in [6.45, 7) is 13.9. The molecule has 0 saturated heterocycles. The molecule has 3 aromatic carbocycles. The summed E-state index contributed by atoms with van der Waals surface area (Å²) in [5, 5.41) is 8.87. The van der Waals surface area contributed by atoms with Crippen LogP contribution in [0.5, 0.6) is 11.5 Å². The van der Waals surface area contributed by atoms with Gasteiger partial charge in [0.25, 0.3) is 0 Å². The molecule has 0 amide bonds. The first-order chi connectivity index (χ1) is 20.8. The van der Waals surface area contributed by atoms with E-state index in [9.17, 15) is 9.59 Å². The van der Waals surface area contributed by atoms with E-state index in [-0.39, 0.29) is 29.3 Å². The Morgan fingerprint density at radius 1 is 0.818 bits per heavy atom. The van der Waals surface area contributed by atoms with Crippen LogP contribution in [-0.4, -0.2) is 44.6 Å². The van der Waals surface area contributed by atoms with E-state index in [1.807, 2.05) is 30.3 Å². The molecular weight excluding hydrogens is 556 g/mol. The molecular formula is C36H42N2O6. The van der Waals surface area contributed by atoms with E-state index in [2.05, 4.69) is 46.5 Å². The lowest BCUT2D eigenvalue weighted by Gasteiger charge is -2.33. The van der Waals surface area contributed by atoms with Gasteiger partial charge in [-0.15, -0.1) is 0 Å². The third-order valence-corrected chi connectivity index (χ3v) is 6.65. The molecule has 1 atom stereocenters. The monoisotopic (exact) mass is 598 g/mol. The second-order valence-corrected chi connectivity index (χ2v) is 12.7. The molecule has 3 aromatic rings. The Kier molecular flexibility index (Phi) is 12.2. The van der Waals surface area contributed by atoms with Crippen LogP contribution in [0.3, 0.4) is 0 Å². The number of hydrogen-bond acceptors (Lipinski definition) is 8. The average Bonchev–Trinajstić information content (AvgIpc) is 2.98. The Labute approximate surface area is 260 Å². The number of hydrogen-bond donors (Lipinski definition) is 0. The molecule has 3 rings (SSSR count). The van der Waals surface area contributed by atoms with Crippen LogP contribution in [0.1, 0.15) is 69.4 Å². The van der Waals surface area contributed by atoms with Gasteiger partial charge in [0.2, 0.25) is 0 Å². The topological polar surface area (TPSA) is 107 Å². The van der Waals surface area contributed by atoms with E-state index < -0.39 is 5.97 Å². The van der Waals surface area contributed by atoms with Crippen molar-refractivity contribution in [3.63, 3.8) is 0 Å². The largest absolute Gasteiger partial charge is 0.491 e. The molecule has 232 valence electrons. The van der Waals surface area contributed by atoms with Gasteiger partial charge < -0.3 is 18.9 Å². The highest BCUT2D eigenvalue weighted by Crippen LogP contribution is 2.36. The molecule has 0 aromatic heterocycles. The van der Waals surface area contributed by atoms with Gasteiger partial charge in [0.05, 0.1) is 42.0 Å². The van der Waals surface area contributed by atoms with Gasteiger partial charge in [0.1, 0.15) is 24.7 Å². The number of benzene rings is 3. The molecule has 0 fully saturated rings. The molecule has 1 unspecified atom stereocenters. The number of carbonyl (C=O) groups excluding carboxylic acids is 2. The molecule has 0 N–H and O–H groups in total. The molecule has 8 nitrogen and oxygen atoms in total. The number of carbonyl (C=O) groups is 2. The molecule has 0 saturated carbocycles. The fourth-order valence-electron chi connectivity index (χ4n) is 4.22. The first-order valence-electron chi connectivity index (χ1n) is 14.7. The summed E-state index contributed by atoms with van der Waals surface area (Å²) in [4.78, 5) is 29.5. The van der Waals surface area contributed by atoms with Crippen LogP contribution in [0.2, 0.25) is 0 Å². The predicted molar refractivity (Wildman–Crippen MR) is 171 cm³/mol. The minimum atomic E-state index is -0.490. The maximum atomic E-state index is 12.7. The summed E-state index contributed by atoms with van der Waals surface area (Å²) in [6.07, 6.45) is 2.49. The molecule has 0 aliphatic carbocycles. The summed E-state index contributed by atoms with van der Waals surface area (Å²) in [5.41, 5.74) is 2.33. The van der Waals surface area contributed by atoms with Crippen LogP contribution in [0.15, 0.2) is 77.8 Å². The van der Waals surface area contributed by atoms with Gasteiger partial charge in [0, 0.05) is 6.21 Å². The molecule has 0 spiro atoms. The summed E-state index contributed by atoms with van der Waals surface area (Å²) in [7, 11) is 0. The van der Waals surface area contributed by atoms with E-state index in [4.69, 9.17) is 24.2 Å². The Balaban J connectivity index is 1.36. The van der Waals surface area contributed by atoms with Crippen molar-refractivity contribution in [2.24, 2.45) is 21.7 Å². The predicted octanol–water partition coefficient (Wildman–Crippen LogP) is 7.57. The lowest BCUT2D eigenvalue weighted by molar-refractivity contribution is -0.155. The summed E-state index contributed by atoms with van der Waals surface area (Å²) < 4.78 is 22.2. The zero-order chi connectivity index (χ0) is 32.2. The highest BCUT2D eigenvalue weighted by molar-refractivity contribution is 5.91. The summed E-state index contributed by atoms with van der Waals surface area (Å²) in [5.74, 6) is 0.244. The number of nitriles is 1. The van der Waals surface area contributed by atoms with Crippen LogP contribution in [-0.2, 0) is 14.3 Å². The Morgan fingerprint density at radius 3 is 2.02 bits per heavy atom. The molecule has 0 heterocycles. The van der Waals surface area contributed by atoms with Crippen molar-refractivity contribution < 1.29 is 28.5 Å². The summed E-state index contributed by atoms with van der Waals surface area (Å²) in [6, 6.07) is 22.6. The van der Waals surface area contributed by atoms with Gasteiger partial charge in [-0.3, -0.25) is 9.79 Å². The van der Waals surface area contributed by atoms with Crippen LogP contribution in [0.25, 0.3) is 0 Å². The first kappa shape index (κ1) is 34.0. The van der Waals surface area contributed by atoms with Gasteiger partial charge in [-0.05, 0) is 95.6 Å². The van der Waals surface area contributed by atoms with Gasteiger partial charge >= 0.3 is 11.9 Å². The Hall–Kier alpha value is -4.48. The van der Waals surface area contributed by atoms with Crippen molar-refractivity contribution in [1.29, 1.82) is 5.26 Å². The number of nitrogens with zero attached hydrogens (tertiary/aromatic N) is 2. The maximum Gasteiger partial charge on any atom is 0.343 e. The number of esters is 2. The first-order valence-corrected chi connectivity index (χ1v) is 14.7. The third kappa shape index (κ3) is 11.7. The zero-order valence-corrected chi connectivity index (χ0v) is 26.5. The van der Waals surface area contributed by atoms with Crippen molar-refractivity contribution in [2.45, 2.75) is 48.0 Å². The highest BCUT2D eigenvalue weighted by Gasteiger charge is 2.35. The second-order valence-electron chi connectivity index (χ2n) is 12.7. The van der Waals surface area contributed by atoms with Crippen molar-refractivity contribution in [3.05, 3.63) is 89.5 Å². The van der Waals surface area contributed by atoms with E-state index >= 15 is 0 Å². The van der Waals surface area contributed by atoms with Gasteiger partial charge in [0.15, 0.2) is 0 Å². The molecule has 44 heavy (non-hydrogen) atoms. The minimum absolute atomic E-state index is 0.0388. The van der Waals surface area contributed by atoms with Gasteiger partial charge in [-0.25, -0.2) is 4.79 Å². The van der Waals surface area contributed by atoms with Crippen LogP contribution in [0.4, 0.5) is 5.69 Å². The maximum absolute atomic E-state index is 12.7. The smallest absolute Gasteiger partial charge is 0.343 e. The normalized spacial score (nSPS) is 12.4. The van der Waals surface area contributed by atoms with Crippen LogP contribution < -0.4 is 9.47 Å². The van der Waals surface area contributed by atoms with Crippen LogP contribution in [0, 0.1) is 28.1 Å². The Bertz CT molecular complexity index is 1420. The van der Waals surface area contributed by atoms with E-state index in [0.717, 1.165) is 12.0 Å². The molecule has 0 bridgehead atoms. The van der Waals surface area contributed by atoms with Crippen molar-refractivity contribution in [3.8, 4) is 17.6 Å². The Morgan fingerprint density at radius 2 is 1.43 bits per heavy atom. The quantitative estimate of drug-likeness (QED) is 0.0864. The van der Waals surface area contributed by atoms with Crippen molar-refractivity contribution in [2.75, 3.05) is 26.4 Å². The number of ether oxygens (including phenoxy) is 4. The molecule has 0 aliphatic heterocycles. The SMILES string of the molecule is CC(C)(C)CC(C(=O)OCCOCCOc1ccc(/C=N/c2ccc(C(=O)Oc3ccc(C#N)cc3)cc2)cc1)C(C)(C)C. The van der Waals surface area contributed by atoms with E-state index in [1.165, 1.54) is 0 Å². The lowest BCUT2D eigenvalue weighted by atomic mass is 9.72. The highest BCUT2D eigenvalue weighted by atomic mass is 16.6. The zero-order valence-electron chi connectivity index (χ0n) is 26.5. The fraction of sp³-hybridized carbons (Fsp3) is 0.389. The van der Waals surface area contributed by atoms with E-state index in [0.29, 0.717) is 48.1 Å². The van der Waals surface area contributed by atoms with Gasteiger partial charge in [-0.2, -0.15) is 5.26 Å². The van der Waals surface area contributed by atoms with Crippen molar-refractivity contribution >= 4 is 23.8 Å². The molecule has 8 heteroatoms. The standard InChI is InChI=1S/C36H42N2O6/c1-35(2,3)23-32(36(4,5)6)34(40)43-22-20-41-19-21-42-30-15-9-27(10-16-30)25-38-29-13-11-28(12-14-29)33(39)44-31-17-7-26(24-37)8-18-31/h7-18,25,32H,19-23H2,1-6H3/b38-25+. The fourth-order valence-corrected chi connectivity index (χ4v) is 4.22. The number of aliphatic imine (C=N–C) groups is 1. The van der Waals surface area contributed by atoms with Crippen LogP contribution >= 0.6 is 0 Å². The lowest BCUT2D eigenvalue weighted by Crippen LogP contribution is -2.34. The number of rotatable bonds is 13. The average molecular weight is 599 g/mol. The third-order valence-electron chi connectivity index (χ3n) is 6.65. The molecule has 0 radical (unpaired) electrons. The van der Waals surface area contributed by atoms with Gasteiger partial charge in [-0.1, -0.05) is 41.5 Å². The minimum Gasteiger partial charge on any atom is -0.491 e. The second kappa shape index (κ2) is 15.8. The van der Waals surface area contributed by atoms with E-state index in [1.54, 1.807) is 54.7 Å².